The van der Waals surface area contributed by atoms with Crippen LogP contribution in [-0.4, -0.2) is 6.04 Å². The van der Waals surface area contributed by atoms with E-state index in [1.165, 1.54) is 5.56 Å². The summed E-state index contributed by atoms with van der Waals surface area (Å²) in [6, 6.07) is 10.5. The first-order valence-electron chi connectivity index (χ1n) is 5.28. The average molecular weight is 202 g/mol. The van der Waals surface area contributed by atoms with Crippen LogP contribution in [0, 0.1) is 12.3 Å². The van der Waals surface area contributed by atoms with Crippen molar-refractivity contribution in [2.45, 2.75) is 31.7 Å². The van der Waals surface area contributed by atoms with Crippen molar-refractivity contribution in [2.75, 3.05) is 0 Å². The van der Waals surface area contributed by atoms with Gasteiger partial charge >= 0.3 is 0 Å². The van der Waals surface area contributed by atoms with E-state index in [0.717, 1.165) is 6.42 Å². The SMILES string of the molecule is C#CCC(NN)C(CC)c1ccccc1. The smallest absolute Gasteiger partial charge is 0.0388 e. The molecule has 1 aromatic rings. The largest absolute Gasteiger partial charge is 0.271 e. The Morgan fingerprint density at radius 2 is 2.07 bits per heavy atom. The Bertz CT molecular complexity index is 313. The highest BCUT2D eigenvalue weighted by Crippen LogP contribution is 2.24. The second kappa shape index (κ2) is 6.23. The zero-order chi connectivity index (χ0) is 11.1. The van der Waals surface area contributed by atoms with Gasteiger partial charge in [-0.1, -0.05) is 37.3 Å². The highest BCUT2D eigenvalue weighted by Gasteiger charge is 2.19. The predicted octanol–water partition coefficient (Wildman–Crippen LogP) is 2.04. The van der Waals surface area contributed by atoms with E-state index in [4.69, 9.17) is 12.3 Å². The number of hydrazine groups is 1. The average Bonchev–Trinajstić information content (AvgIpc) is 2.30. The Morgan fingerprint density at radius 3 is 2.53 bits per heavy atom. The third-order valence-corrected chi connectivity index (χ3v) is 2.71. The van der Waals surface area contributed by atoms with Crippen LogP contribution in [0.25, 0.3) is 0 Å². The zero-order valence-corrected chi connectivity index (χ0v) is 9.11. The molecule has 1 aromatic carbocycles. The maximum Gasteiger partial charge on any atom is 0.0388 e. The van der Waals surface area contributed by atoms with Gasteiger partial charge in [0, 0.05) is 18.4 Å². The fourth-order valence-corrected chi connectivity index (χ4v) is 1.90. The molecule has 0 heterocycles. The molecule has 0 saturated heterocycles. The van der Waals surface area contributed by atoms with E-state index in [1.54, 1.807) is 0 Å². The summed E-state index contributed by atoms with van der Waals surface area (Å²) in [5.41, 5.74) is 4.10. The predicted molar refractivity (Wildman–Crippen MR) is 64.0 cm³/mol. The normalized spacial score (nSPS) is 14.2. The Morgan fingerprint density at radius 1 is 1.40 bits per heavy atom. The molecule has 1 rings (SSSR count). The molecule has 0 aliphatic rings. The molecule has 15 heavy (non-hydrogen) atoms. The van der Waals surface area contributed by atoms with Crippen molar-refractivity contribution in [3.63, 3.8) is 0 Å². The van der Waals surface area contributed by atoms with Crippen LogP contribution in [0.1, 0.15) is 31.2 Å². The summed E-state index contributed by atoms with van der Waals surface area (Å²) in [4.78, 5) is 0. The Balaban J connectivity index is 2.83. The highest BCUT2D eigenvalue weighted by atomic mass is 15.2. The molecule has 2 atom stereocenters. The first kappa shape index (κ1) is 11.8. The minimum Gasteiger partial charge on any atom is -0.271 e. The first-order chi connectivity index (χ1) is 7.33. The van der Waals surface area contributed by atoms with Crippen LogP contribution in [0.3, 0.4) is 0 Å². The van der Waals surface area contributed by atoms with Crippen LogP contribution in [0.4, 0.5) is 0 Å². The first-order valence-corrected chi connectivity index (χ1v) is 5.28. The van der Waals surface area contributed by atoms with Crippen LogP contribution < -0.4 is 11.3 Å². The maximum atomic E-state index is 5.53. The molecule has 3 N–H and O–H groups in total. The van der Waals surface area contributed by atoms with Gasteiger partial charge in [0.2, 0.25) is 0 Å². The van der Waals surface area contributed by atoms with Crippen molar-refractivity contribution in [1.82, 2.24) is 5.43 Å². The van der Waals surface area contributed by atoms with Gasteiger partial charge in [-0.3, -0.25) is 11.3 Å². The number of rotatable bonds is 5. The topological polar surface area (TPSA) is 38.0 Å². The molecular weight excluding hydrogens is 184 g/mol. The van der Waals surface area contributed by atoms with Crippen molar-refractivity contribution < 1.29 is 0 Å². The van der Waals surface area contributed by atoms with E-state index in [2.05, 4.69) is 30.4 Å². The second-order valence-corrected chi connectivity index (χ2v) is 3.61. The number of benzene rings is 1. The molecule has 0 aromatic heterocycles. The number of terminal acetylenes is 1. The molecule has 2 nitrogen and oxygen atoms in total. The summed E-state index contributed by atoms with van der Waals surface area (Å²) in [6.45, 7) is 2.15. The molecular formula is C13H18N2. The van der Waals surface area contributed by atoms with Crippen LogP contribution >= 0.6 is 0 Å². The van der Waals surface area contributed by atoms with E-state index in [0.29, 0.717) is 12.3 Å². The van der Waals surface area contributed by atoms with Crippen molar-refractivity contribution in [3.05, 3.63) is 35.9 Å². The van der Waals surface area contributed by atoms with Crippen molar-refractivity contribution in [2.24, 2.45) is 5.84 Å². The van der Waals surface area contributed by atoms with Gasteiger partial charge in [-0.15, -0.1) is 12.3 Å². The van der Waals surface area contributed by atoms with Gasteiger partial charge in [-0.25, -0.2) is 0 Å². The molecule has 0 fully saturated rings. The standard InChI is InChI=1S/C13H18N2/c1-3-8-13(15-14)12(4-2)11-9-6-5-7-10-11/h1,5-7,9-10,12-13,15H,4,8,14H2,2H3. The molecule has 0 aliphatic carbocycles. The van der Waals surface area contributed by atoms with Gasteiger partial charge in [-0.05, 0) is 12.0 Å². The summed E-state index contributed by atoms with van der Waals surface area (Å²) >= 11 is 0. The van der Waals surface area contributed by atoms with Gasteiger partial charge in [0.15, 0.2) is 0 Å². The van der Waals surface area contributed by atoms with Gasteiger partial charge in [-0.2, -0.15) is 0 Å². The van der Waals surface area contributed by atoms with E-state index >= 15 is 0 Å². The van der Waals surface area contributed by atoms with E-state index in [-0.39, 0.29) is 6.04 Å². The summed E-state index contributed by atoms with van der Waals surface area (Å²) in [6.07, 6.45) is 7.01. The van der Waals surface area contributed by atoms with Gasteiger partial charge in [0.1, 0.15) is 0 Å². The lowest BCUT2D eigenvalue weighted by Gasteiger charge is -2.24. The van der Waals surface area contributed by atoms with E-state index < -0.39 is 0 Å². The van der Waals surface area contributed by atoms with Crippen molar-refractivity contribution >= 4 is 0 Å². The number of nitrogens with two attached hydrogens (primary N) is 1. The van der Waals surface area contributed by atoms with Crippen LogP contribution in [-0.2, 0) is 0 Å². The van der Waals surface area contributed by atoms with Gasteiger partial charge in [0.05, 0.1) is 0 Å². The van der Waals surface area contributed by atoms with Crippen LogP contribution in [0.15, 0.2) is 30.3 Å². The third-order valence-electron chi connectivity index (χ3n) is 2.71. The lowest BCUT2D eigenvalue weighted by molar-refractivity contribution is 0.437. The van der Waals surface area contributed by atoms with E-state index in [9.17, 15) is 0 Å². The van der Waals surface area contributed by atoms with Crippen molar-refractivity contribution in [3.8, 4) is 12.3 Å². The highest BCUT2D eigenvalue weighted by molar-refractivity contribution is 5.21. The minimum absolute atomic E-state index is 0.155. The Labute approximate surface area is 91.8 Å². The second-order valence-electron chi connectivity index (χ2n) is 3.61. The maximum absolute atomic E-state index is 5.53. The number of nitrogens with one attached hydrogen (secondary N) is 1. The lowest BCUT2D eigenvalue weighted by atomic mass is 9.88. The minimum atomic E-state index is 0.155. The molecule has 0 amide bonds. The fourth-order valence-electron chi connectivity index (χ4n) is 1.90. The lowest BCUT2D eigenvalue weighted by Crippen LogP contribution is -2.39. The molecule has 0 radical (unpaired) electrons. The van der Waals surface area contributed by atoms with Crippen molar-refractivity contribution in [1.29, 1.82) is 0 Å². The van der Waals surface area contributed by atoms with E-state index in [1.807, 2.05) is 18.2 Å². The Kier molecular flexibility index (Phi) is 4.89. The summed E-state index contributed by atoms with van der Waals surface area (Å²) < 4.78 is 0. The monoisotopic (exact) mass is 202 g/mol. The molecule has 2 heteroatoms. The molecule has 0 aliphatic heterocycles. The van der Waals surface area contributed by atoms with Crippen LogP contribution in [0.2, 0.25) is 0 Å². The zero-order valence-electron chi connectivity index (χ0n) is 9.11. The Hall–Kier alpha value is -1.30. The molecule has 80 valence electrons. The van der Waals surface area contributed by atoms with Crippen LogP contribution in [0.5, 0.6) is 0 Å². The summed E-state index contributed by atoms with van der Waals surface area (Å²) in [5.74, 6) is 8.57. The molecule has 0 spiro atoms. The number of hydrogen-bond acceptors (Lipinski definition) is 2. The summed E-state index contributed by atoms with van der Waals surface area (Å²) in [5, 5.41) is 0. The quantitative estimate of drug-likeness (QED) is 0.435. The van der Waals surface area contributed by atoms with Gasteiger partial charge < -0.3 is 0 Å². The molecule has 2 unspecified atom stereocenters. The summed E-state index contributed by atoms with van der Waals surface area (Å²) in [7, 11) is 0. The fraction of sp³-hybridized carbons (Fsp3) is 0.385. The number of hydrogen-bond donors (Lipinski definition) is 2. The molecule has 0 saturated carbocycles. The van der Waals surface area contributed by atoms with Gasteiger partial charge in [0.25, 0.3) is 0 Å². The molecule has 0 bridgehead atoms. The third kappa shape index (κ3) is 3.09.